The number of benzene rings is 2. The van der Waals surface area contributed by atoms with E-state index in [4.69, 9.17) is 11.6 Å². The van der Waals surface area contributed by atoms with Crippen molar-refractivity contribution in [1.82, 2.24) is 10.2 Å². The van der Waals surface area contributed by atoms with Gasteiger partial charge in [0.2, 0.25) is 5.91 Å². The molecule has 3 aromatic rings. The van der Waals surface area contributed by atoms with Gasteiger partial charge in [0.1, 0.15) is 5.03 Å². The van der Waals surface area contributed by atoms with Crippen LogP contribution in [-0.2, 0) is 11.0 Å². The second-order valence-corrected chi connectivity index (χ2v) is 8.11. The fourth-order valence-corrected chi connectivity index (χ4v) is 3.34. The lowest BCUT2D eigenvalue weighted by atomic mass is 10.1. The van der Waals surface area contributed by atoms with Gasteiger partial charge in [-0.15, -0.1) is 10.2 Å². The van der Waals surface area contributed by atoms with Crippen molar-refractivity contribution in [3.63, 3.8) is 0 Å². The molecule has 0 radical (unpaired) electrons. The number of carbonyl (C=O) groups excluding carboxylic acids is 1. The summed E-state index contributed by atoms with van der Waals surface area (Å²) in [5.41, 5.74) is 0.597. The average molecular weight is 503 g/mol. The predicted molar refractivity (Wildman–Crippen MR) is 111 cm³/mol. The molecule has 1 amide bonds. The molecular formula is C19H12BrClF3N3OS. The maximum atomic E-state index is 12.8. The van der Waals surface area contributed by atoms with Crippen molar-refractivity contribution in [2.75, 3.05) is 11.1 Å². The van der Waals surface area contributed by atoms with Crippen LogP contribution < -0.4 is 5.32 Å². The van der Waals surface area contributed by atoms with Crippen LogP contribution in [0.3, 0.4) is 0 Å². The fraction of sp³-hybridized carbons (Fsp3) is 0.105. The molecule has 1 aromatic heterocycles. The molecule has 0 spiro atoms. The molecule has 2 aromatic carbocycles. The van der Waals surface area contributed by atoms with Gasteiger partial charge in [-0.1, -0.05) is 51.4 Å². The highest BCUT2D eigenvalue weighted by Crippen LogP contribution is 2.34. The van der Waals surface area contributed by atoms with Gasteiger partial charge in [-0.3, -0.25) is 4.79 Å². The molecule has 0 unspecified atom stereocenters. The normalized spacial score (nSPS) is 11.3. The van der Waals surface area contributed by atoms with Gasteiger partial charge >= 0.3 is 6.18 Å². The summed E-state index contributed by atoms with van der Waals surface area (Å²) < 4.78 is 39.4. The van der Waals surface area contributed by atoms with E-state index in [2.05, 4.69) is 31.4 Å². The predicted octanol–water partition coefficient (Wildman–Crippen LogP) is 6.31. The Morgan fingerprint density at radius 1 is 1.07 bits per heavy atom. The number of anilines is 1. The fourth-order valence-electron chi connectivity index (χ4n) is 2.29. The molecule has 0 saturated carbocycles. The van der Waals surface area contributed by atoms with Crippen molar-refractivity contribution in [3.05, 3.63) is 69.7 Å². The monoisotopic (exact) mass is 501 g/mol. The lowest BCUT2D eigenvalue weighted by Gasteiger charge is -2.11. The van der Waals surface area contributed by atoms with Crippen LogP contribution in [0.4, 0.5) is 18.9 Å². The Morgan fingerprint density at radius 3 is 2.41 bits per heavy atom. The summed E-state index contributed by atoms with van der Waals surface area (Å²) in [6, 6.07) is 13.8. The Balaban J connectivity index is 1.60. The van der Waals surface area contributed by atoms with Gasteiger partial charge in [0, 0.05) is 10.0 Å². The number of carbonyl (C=O) groups is 1. The van der Waals surface area contributed by atoms with Crippen LogP contribution in [0.25, 0.3) is 11.3 Å². The molecule has 0 aliphatic heterocycles. The van der Waals surface area contributed by atoms with E-state index in [0.29, 0.717) is 10.7 Å². The summed E-state index contributed by atoms with van der Waals surface area (Å²) in [5, 5.41) is 11.1. The first kappa shape index (κ1) is 21.6. The minimum atomic E-state index is -4.52. The van der Waals surface area contributed by atoms with Crippen LogP contribution in [0.2, 0.25) is 5.02 Å². The largest absolute Gasteiger partial charge is 0.416 e. The molecule has 3 rings (SSSR count). The minimum Gasteiger partial charge on any atom is -0.324 e. The molecule has 0 aliphatic rings. The molecule has 29 heavy (non-hydrogen) atoms. The lowest BCUT2D eigenvalue weighted by Crippen LogP contribution is -2.15. The van der Waals surface area contributed by atoms with Gasteiger partial charge in [0.25, 0.3) is 0 Å². The molecule has 0 bridgehead atoms. The molecule has 1 heterocycles. The second kappa shape index (κ2) is 9.15. The molecule has 150 valence electrons. The van der Waals surface area contributed by atoms with Crippen LogP contribution in [0.15, 0.2) is 64.1 Å². The molecule has 10 heteroatoms. The summed E-state index contributed by atoms with van der Waals surface area (Å²) in [7, 11) is 0. The molecule has 4 nitrogen and oxygen atoms in total. The number of amides is 1. The summed E-state index contributed by atoms with van der Waals surface area (Å²) in [6.45, 7) is 0. The standard InChI is InChI=1S/C19H12BrClF3N3OS/c20-13-4-1-11(2-5-13)15-7-8-18(27-26-15)29-10-17(28)25-16-9-12(19(22,23)24)3-6-14(16)21/h1-9H,10H2,(H,25,28). The molecule has 1 N–H and O–H groups in total. The number of halogens is 5. The van der Waals surface area contributed by atoms with Crippen molar-refractivity contribution in [1.29, 1.82) is 0 Å². The zero-order valence-corrected chi connectivity index (χ0v) is 17.7. The number of hydrogen-bond donors (Lipinski definition) is 1. The maximum absolute atomic E-state index is 12.8. The van der Waals surface area contributed by atoms with E-state index in [1.807, 2.05) is 24.3 Å². The van der Waals surface area contributed by atoms with Crippen LogP contribution in [0.5, 0.6) is 0 Å². The third kappa shape index (κ3) is 5.94. The minimum absolute atomic E-state index is 0.0231. The zero-order valence-electron chi connectivity index (χ0n) is 14.5. The highest BCUT2D eigenvalue weighted by molar-refractivity contribution is 9.10. The molecular weight excluding hydrogens is 491 g/mol. The Bertz CT molecular complexity index is 1010. The van der Waals surface area contributed by atoms with Crippen molar-refractivity contribution >= 4 is 50.9 Å². The first-order valence-corrected chi connectivity index (χ1v) is 10.3. The third-order valence-electron chi connectivity index (χ3n) is 3.70. The van der Waals surface area contributed by atoms with E-state index in [1.54, 1.807) is 12.1 Å². The number of hydrogen-bond acceptors (Lipinski definition) is 4. The molecule has 0 fully saturated rings. The van der Waals surface area contributed by atoms with E-state index in [1.165, 1.54) is 0 Å². The summed E-state index contributed by atoms with van der Waals surface area (Å²) in [4.78, 5) is 12.1. The summed E-state index contributed by atoms with van der Waals surface area (Å²) in [6.07, 6.45) is -4.52. The van der Waals surface area contributed by atoms with E-state index in [0.717, 1.165) is 40.0 Å². The van der Waals surface area contributed by atoms with Crippen LogP contribution in [0, 0.1) is 0 Å². The zero-order chi connectivity index (χ0) is 21.0. The topological polar surface area (TPSA) is 54.9 Å². The molecule has 0 atom stereocenters. The van der Waals surface area contributed by atoms with Gasteiger partial charge in [-0.25, -0.2) is 0 Å². The van der Waals surface area contributed by atoms with Crippen LogP contribution >= 0.6 is 39.3 Å². The van der Waals surface area contributed by atoms with Crippen molar-refractivity contribution in [2.45, 2.75) is 11.2 Å². The quantitative estimate of drug-likeness (QED) is 0.416. The Morgan fingerprint density at radius 2 is 1.79 bits per heavy atom. The van der Waals surface area contributed by atoms with E-state index in [-0.39, 0.29) is 16.5 Å². The van der Waals surface area contributed by atoms with E-state index in [9.17, 15) is 18.0 Å². The van der Waals surface area contributed by atoms with Gasteiger partial charge in [-0.05, 0) is 42.5 Å². The number of nitrogens with one attached hydrogen (secondary N) is 1. The first-order valence-electron chi connectivity index (χ1n) is 8.11. The van der Waals surface area contributed by atoms with Crippen LogP contribution in [0.1, 0.15) is 5.56 Å². The summed E-state index contributed by atoms with van der Waals surface area (Å²) in [5.74, 6) is -0.561. The number of rotatable bonds is 5. The van der Waals surface area contributed by atoms with Gasteiger partial charge in [0.15, 0.2) is 0 Å². The highest BCUT2D eigenvalue weighted by atomic mass is 79.9. The molecule has 0 aliphatic carbocycles. The maximum Gasteiger partial charge on any atom is 0.416 e. The number of aromatic nitrogens is 2. The van der Waals surface area contributed by atoms with E-state index < -0.39 is 17.6 Å². The van der Waals surface area contributed by atoms with Crippen molar-refractivity contribution in [2.24, 2.45) is 0 Å². The lowest BCUT2D eigenvalue weighted by molar-refractivity contribution is -0.137. The van der Waals surface area contributed by atoms with Crippen LogP contribution in [-0.4, -0.2) is 21.9 Å². The molecule has 0 saturated heterocycles. The first-order chi connectivity index (χ1) is 13.7. The Hall–Kier alpha value is -2.10. The number of nitrogens with zero attached hydrogens (tertiary/aromatic N) is 2. The highest BCUT2D eigenvalue weighted by Gasteiger charge is 2.31. The van der Waals surface area contributed by atoms with Crippen molar-refractivity contribution in [3.8, 4) is 11.3 Å². The summed E-state index contributed by atoms with van der Waals surface area (Å²) >= 11 is 10.4. The second-order valence-electron chi connectivity index (χ2n) is 5.79. The van der Waals surface area contributed by atoms with Crippen molar-refractivity contribution < 1.29 is 18.0 Å². The number of thioether (sulfide) groups is 1. The smallest absolute Gasteiger partial charge is 0.324 e. The Labute approximate surface area is 182 Å². The SMILES string of the molecule is O=C(CSc1ccc(-c2ccc(Br)cc2)nn1)Nc1cc(C(F)(F)F)ccc1Cl. The average Bonchev–Trinajstić information content (AvgIpc) is 2.68. The third-order valence-corrected chi connectivity index (χ3v) is 5.48. The van der Waals surface area contributed by atoms with Gasteiger partial charge < -0.3 is 5.32 Å². The van der Waals surface area contributed by atoms with Gasteiger partial charge in [-0.2, -0.15) is 13.2 Å². The number of alkyl halides is 3. The Kier molecular flexibility index (Phi) is 6.81. The van der Waals surface area contributed by atoms with E-state index >= 15 is 0 Å². The van der Waals surface area contributed by atoms with Gasteiger partial charge in [0.05, 0.1) is 27.7 Å².